The summed E-state index contributed by atoms with van der Waals surface area (Å²) in [6, 6.07) is 14.6. The number of nitrogens with zero attached hydrogens (tertiary/aromatic N) is 2. The molecule has 0 aliphatic carbocycles. The van der Waals surface area contributed by atoms with Crippen LogP contribution in [0.25, 0.3) is 10.0 Å². The third-order valence-electron chi connectivity index (χ3n) is 2.77. The molecule has 0 unspecified atom stereocenters. The SMILES string of the molecule is [O-][N+]#Cc1ccc(C(Cl)(Cl)Cl)cc1.[O-][N+]#Cc1ccc(C(F)(F)F)cc1. The van der Waals surface area contributed by atoms with E-state index >= 15 is 0 Å². The highest BCUT2D eigenvalue weighted by molar-refractivity contribution is 6.66. The molecule has 0 amide bonds. The van der Waals surface area contributed by atoms with Gasteiger partial charge in [-0.05, 0) is 36.4 Å². The molecule has 136 valence electrons. The minimum Gasteiger partial charge on any atom is -0.498 e. The molecule has 2 aromatic carbocycles. The zero-order valence-electron chi connectivity index (χ0n) is 12.6. The van der Waals surface area contributed by atoms with Gasteiger partial charge in [0.15, 0.2) is 0 Å². The maximum atomic E-state index is 12.0. The molecule has 0 bridgehead atoms. The molecule has 0 heterocycles. The summed E-state index contributed by atoms with van der Waals surface area (Å²) in [5.41, 5.74) is 0.550. The van der Waals surface area contributed by atoms with Crippen molar-refractivity contribution in [3.05, 3.63) is 91.2 Å². The molecule has 0 saturated heterocycles. The van der Waals surface area contributed by atoms with Crippen molar-refractivity contribution in [1.29, 1.82) is 0 Å². The lowest BCUT2D eigenvalue weighted by Gasteiger charge is -2.09. The Morgan fingerprint density at radius 1 is 0.692 bits per heavy atom. The van der Waals surface area contributed by atoms with E-state index in [1.165, 1.54) is 0 Å². The molecule has 2 aromatic rings. The van der Waals surface area contributed by atoms with Gasteiger partial charge in [0.25, 0.3) is 0 Å². The Bertz CT molecular complexity index is 768. The van der Waals surface area contributed by atoms with E-state index < -0.39 is 15.5 Å². The van der Waals surface area contributed by atoms with Crippen molar-refractivity contribution in [3.63, 3.8) is 0 Å². The van der Waals surface area contributed by atoms with Crippen LogP contribution in [0.1, 0.15) is 22.3 Å². The second kappa shape index (κ2) is 9.40. The third kappa shape index (κ3) is 7.28. The summed E-state index contributed by atoms with van der Waals surface area (Å²) < 4.78 is 34.6. The molecule has 0 spiro atoms. The summed E-state index contributed by atoms with van der Waals surface area (Å²) in [5.74, 6) is 0. The smallest absolute Gasteiger partial charge is 0.416 e. The fraction of sp³-hybridized carbons (Fsp3) is 0.125. The van der Waals surface area contributed by atoms with E-state index in [4.69, 9.17) is 34.8 Å². The van der Waals surface area contributed by atoms with Gasteiger partial charge in [0.1, 0.15) is 11.1 Å². The van der Waals surface area contributed by atoms with Crippen LogP contribution in [0.4, 0.5) is 13.2 Å². The van der Waals surface area contributed by atoms with Crippen molar-refractivity contribution < 1.29 is 13.2 Å². The quantitative estimate of drug-likeness (QED) is 0.355. The van der Waals surface area contributed by atoms with Gasteiger partial charge in [0.05, 0.1) is 5.56 Å². The Morgan fingerprint density at radius 2 is 1.04 bits per heavy atom. The van der Waals surface area contributed by atoms with Crippen LogP contribution in [0, 0.1) is 22.6 Å². The van der Waals surface area contributed by atoms with Gasteiger partial charge in [-0.1, -0.05) is 46.9 Å². The van der Waals surface area contributed by atoms with Crippen molar-refractivity contribution in [2.75, 3.05) is 0 Å². The predicted octanol–water partition coefficient (Wildman–Crippen LogP) is 6.58. The number of hydrogen-bond donors (Lipinski definition) is 0. The summed E-state index contributed by atoms with van der Waals surface area (Å²) >= 11 is 16.8. The van der Waals surface area contributed by atoms with E-state index in [1.807, 2.05) is 6.07 Å². The molecule has 0 N–H and O–H groups in total. The predicted molar refractivity (Wildman–Crippen MR) is 96.6 cm³/mol. The molecular formula is C16H8Cl3F3N2O2. The fourth-order valence-electron chi connectivity index (χ4n) is 1.57. The van der Waals surface area contributed by atoms with E-state index in [0.717, 1.165) is 24.3 Å². The van der Waals surface area contributed by atoms with Gasteiger partial charge in [-0.2, -0.15) is 13.2 Å². The van der Waals surface area contributed by atoms with Crippen LogP contribution in [0.2, 0.25) is 0 Å². The van der Waals surface area contributed by atoms with Crippen molar-refractivity contribution >= 4 is 34.8 Å². The van der Waals surface area contributed by atoms with Crippen LogP contribution in [-0.4, -0.2) is 0 Å². The monoisotopic (exact) mass is 422 g/mol. The molecule has 4 nitrogen and oxygen atoms in total. The Balaban J connectivity index is 0.000000260. The number of benzene rings is 2. The number of hydrogen-bond acceptors (Lipinski definition) is 2. The second-order valence-corrected chi connectivity index (χ2v) is 6.84. The lowest BCUT2D eigenvalue weighted by Crippen LogP contribution is -2.03. The van der Waals surface area contributed by atoms with Gasteiger partial charge in [-0.15, -0.1) is 0 Å². The highest BCUT2D eigenvalue weighted by atomic mass is 35.6. The van der Waals surface area contributed by atoms with E-state index in [0.29, 0.717) is 11.1 Å². The number of rotatable bonds is 0. The molecule has 10 heteroatoms. The van der Waals surface area contributed by atoms with Crippen LogP contribution < -0.4 is 0 Å². The average molecular weight is 424 g/mol. The molecule has 0 aliphatic heterocycles. The molecule has 0 aliphatic rings. The zero-order valence-corrected chi connectivity index (χ0v) is 14.9. The first-order valence-electron chi connectivity index (χ1n) is 6.59. The van der Waals surface area contributed by atoms with Crippen LogP contribution in [-0.2, 0) is 9.97 Å². The van der Waals surface area contributed by atoms with Crippen molar-refractivity contribution in [2.45, 2.75) is 9.97 Å². The summed E-state index contributed by atoms with van der Waals surface area (Å²) in [5, 5.41) is 24.3. The molecule has 26 heavy (non-hydrogen) atoms. The van der Waals surface area contributed by atoms with Crippen LogP contribution in [0.5, 0.6) is 0 Å². The van der Waals surface area contributed by atoms with Gasteiger partial charge < -0.3 is 10.4 Å². The van der Waals surface area contributed by atoms with Crippen LogP contribution >= 0.6 is 34.8 Å². The van der Waals surface area contributed by atoms with E-state index in [1.54, 1.807) is 24.3 Å². The molecule has 0 atom stereocenters. The average Bonchev–Trinajstić information content (AvgIpc) is 2.55. The highest BCUT2D eigenvalue weighted by Crippen LogP contribution is 2.37. The minimum absolute atomic E-state index is 0.225. The fourth-order valence-corrected chi connectivity index (χ4v) is 1.95. The van der Waals surface area contributed by atoms with Crippen molar-refractivity contribution in [2.24, 2.45) is 0 Å². The normalized spacial score (nSPS) is 10.4. The Labute approximate surface area is 161 Å². The van der Waals surface area contributed by atoms with Gasteiger partial charge in [-0.25, -0.2) is 0 Å². The van der Waals surface area contributed by atoms with Gasteiger partial charge in [0.2, 0.25) is 3.79 Å². The first kappa shape index (κ1) is 21.7. The van der Waals surface area contributed by atoms with Crippen LogP contribution in [0.3, 0.4) is 0 Å². The topological polar surface area (TPSA) is 54.8 Å². The lowest BCUT2D eigenvalue weighted by atomic mass is 10.1. The van der Waals surface area contributed by atoms with Crippen molar-refractivity contribution in [3.8, 4) is 12.1 Å². The maximum absolute atomic E-state index is 12.0. The van der Waals surface area contributed by atoms with E-state index in [-0.39, 0.29) is 5.56 Å². The van der Waals surface area contributed by atoms with Gasteiger partial charge >= 0.3 is 18.3 Å². The first-order valence-corrected chi connectivity index (χ1v) is 7.72. The number of halogens is 6. The molecule has 2 rings (SSSR count). The Morgan fingerprint density at radius 3 is 1.31 bits per heavy atom. The minimum atomic E-state index is -4.35. The van der Waals surface area contributed by atoms with E-state index in [2.05, 4.69) is 16.1 Å². The Kier molecular flexibility index (Phi) is 7.85. The number of alkyl halides is 6. The molecule has 0 saturated carbocycles. The molecular weight excluding hydrogens is 416 g/mol. The highest BCUT2D eigenvalue weighted by Gasteiger charge is 2.30. The maximum Gasteiger partial charge on any atom is 0.416 e. The van der Waals surface area contributed by atoms with Crippen LogP contribution in [0.15, 0.2) is 48.5 Å². The van der Waals surface area contributed by atoms with Crippen molar-refractivity contribution in [1.82, 2.24) is 0 Å². The third-order valence-corrected chi connectivity index (χ3v) is 3.43. The first-order chi connectivity index (χ1) is 12.1. The van der Waals surface area contributed by atoms with Gasteiger partial charge in [-0.3, -0.25) is 0 Å². The largest absolute Gasteiger partial charge is 0.498 e. The second-order valence-electron chi connectivity index (χ2n) is 4.56. The molecule has 0 fully saturated rings. The standard InChI is InChI=1S/C8H4Cl3NO.C8H4F3NO/c2*9-8(10,11)7-3-1-6(2-4-7)5-12-13/h2*1-4H. The summed E-state index contributed by atoms with van der Waals surface area (Å²) in [6.07, 6.45) is -4.35. The summed E-state index contributed by atoms with van der Waals surface area (Å²) in [7, 11) is 0. The lowest BCUT2D eigenvalue weighted by molar-refractivity contribution is -0.137. The summed E-state index contributed by atoms with van der Waals surface area (Å²) in [6.45, 7) is 0. The van der Waals surface area contributed by atoms with E-state index in [9.17, 15) is 23.6 Å². The Hall–Kier alpha value is -2.32. The molecule has 0 radical (unpaired) electrons. The zero-order chi connectivity index (χ0) is 19.8. The summed E-state index contributed by atoms with van der Waals surface area (Å²) in [4.78, 5) is 0. The van der Waals surface area contributed by atoms with Gasteiger partial charge in [0, 0.05) is 15.6 Å². The molecule has 0 aromatic heterocycles.